The molecule has 3 rings (SSSR count). The predicted molar refractivity (Wildman–Crippen MR) is 105 cm³/mol. The standard InChI is InChI=1S/C21H28N4O/c1-17-7-6-11-23-20(17)13-24-21(22-2)25-12-10-19(14-25)16-26-15-18-8-4-3-5-9-18/h3-9,11,19H,10,12-16H2,1-2H3,(H,22,24). The number of rotatable bonds is 6. The van der Waals surface area contributed by atoms with Crippen LogP contribution < -0.4 is 5.32 Å². The van der Waals surface area contributed by atoms with E-state index >= 15 is 0 Å². The van der Waals surface area contributed by atoms with Gasteiger partial charge < -0.3 is 15.0 Å². The third-order valence-corrected chi connectivity index (χ3v) is 4.79. The number of aryl methyl sites for hydroxylation is 1. The number of hydrogen-bond acceptors (Lipinski definition) is 3. The molecule has 1 saturated heterocycles. The zero-order valence-electron chi connectivity index (χ0n) is 15.7. The van der Waals surface area contributed by atoms with Gasteiger partial charge in [-0.25, -0.2) is 0 Å². The minimum atomic E-state index is 0.550. The van der Waals surface area contributed by atoms with Crippen LogP contribution in [0.5, 0.6) is 0 Å². The summed E-state index contributed by atoms with van der Waals surface area (Å²) in [5.74, 6) is 1.49. The van der Waals surface area contributed by atoms with Crippen molar-refractivity contribution in [2.75, 3.05) is 26.7 Å². The Morgan fingerprint density at radius 2 is 2.12 bits per heavy atom. The van der Waals surface area contributed by atoms with E-state index in [4.69, 9.17) is 4.74 Å². The molecule has 0 radical (unpaired) electrons. The first kappa shape index (κ1) is 18.4. The topological polar surface area (TPSA) is 49.8 Å². The van der Waals surface area contributed by atoms with Crippen LogP contribution in [0.2, 0.25) is 0 Å². The lowest BCUT2D eigenvalue weighted by molar-refractivity contribution is 0.0906. The van der Waals surface area contributed by atoms with Gasteiger partial charge >= 0.3 is 0 Å². The summed E-state index contributed by atoms with van der Waals surface area (Å²) in [6.07, 6.45) is 2.97. The van der Waals surface area contributed by atoms with Gasteiger partial charge in [-0.3, -0.25) is 9.98 Å². The van der Waals surface area contributed by atoms with E-state index in [9.17, 15) is 0 Å². The number of likely N-dealkylation sites (tertiary alicyclic amines) is 1. The van der Waals surface area contributed by atoms with Crippen LogP contribution in [0.15, 0.2) is 53.7 Å². The lowest BCUT2D eigenvalue weighted by Crippen LogP contribution is -2.40. The number of aromatic nitrogens is 1. The third-order valence-electron chi connectivity index (χ3n) is 4.79. The smallest absolute Gasteiger partial charge is 0.193 e. The maximum Gasteiger partial charge on any atom is 0.193 e. The Balaban J connectivity index is 1.43. The molecule has 1 aromatic heterocycles. The van der Waals surface area contributed by atoms with E-state index in [0.717, 1.165) is 37.8 Å². The largest absolute Gasteiger partial charge is 0.376 e. The highest BCUT2D eigenvalue weighted by molar-refractivity contribution is 5.80. The molecule has 1 N–H and O–H groups in total. The van der Waals surface area contributed by atoms with Crippen molar-refractivity contribution < 1.29 is 4.74 Å². The van der Waals surface area contributed by atoms with E-state index < -0.39 is 0 Å². The Bertz CT molecular complexity index is 717. The fourth-order valence-corrected chi connectivity index (χ4v) is 3.28. The first-order valence-corrected chi connectivity index (χ1v) is 9.24. The van der Waals surface area contributed by atoms with E-state index in [2.05, 4.69) is 57.4 Å². The van der Waals surface area contributed by atoms with Crippen LogP contribution >= 0.6 is 0 Å². The number of ether oxygens (including phenoxy) is 1. The van der Waals surface area contributed by atoms with E-state index in [0.29, 0.717) is 19.1 Å². The maximum absolute atomic E-state index is 5.91. The van der Waals surface area contributed by atoms with Crippen molar-refractivity contribution >= 4 is 5.96 Å². The molecule has 2 heterocycles. The monoisotopic (exact) mass is 352 g/mol. The number of nitrogens with zero attached hydrogens (tertiary/aromatic N) is 3. The molecule has 1 aliphatic heterocycles. The van der Waals surface area contributed by atoms with Crippen molar-refractivity contribution in [1.29, 1.82) is 0 Å². The van der Waals surface area contributed by atoms with Crippen molar-refractivity contribution in [2.24, 2.45) is 10.9 Å². The molecule has 1 aliphatic rings. The van der Waals surface area contributed by atoms with Crippen LogP contribution in [0.1, 0.15) is 23.2 Å². The highest BCUT2D eigenvalue weighted by Gasteiger charge is 2.25. The summed E-state index contributed by atoms with van der Waals surface area (Å²) in [5, 5.41) is 3.44. The lowest BCUT2D eigenvalue weighted by atomic mass is 10.1. The van der Waals surface area contributed by atoms with Gasteiger partial charge in [-0.05, 0) is 30.5 Å². The van der Waals surface area contributed by atoms with Crippen LogP contribution in [0.3, 0.4) is 0 Å². The molecule has 5 nitrogen and oxygen atoms in total. The number of pyridine rings is 1. The Morgan fingerprint density at radius 3 is 2.88 bits per heavy atom. The Morgan fingerprint density at radius 1 is 1.27 bits per heavy atom. The van der Waals surface area contributed by atoms with Gasteiger partial charge in [0, 0.05) is 32.3 Å². The molecule has 0 saturated carbocycles. The molecule has 2 aromatic rings. The van der Waals surface area contributed by atoms with Gasteiger partial charge in [-0.2, -0.15) is 0 Å². The molecule has 0 amide bonds. The highest BCUT2D eigenvalue weighted by atomic mass is 16.5. The summed E-state index contributed by atoms with van der Waals surface area (Å²) >= 11 is 0. The lowest BCUT2D eigenvalue weighted by Gasteiger charge is -2.22. The summed E-state index contributed by atoms with van der Waals surface area (Å²) in [4.78, 5) is 11.2. The summed E-state index contributed by atoms with van der Waals surface area (Å²) < 4.78 is 5.91. The summed E-state index contributed by atoms with van der Waals surface area (Å²) in [7, 11) is 1.84. The molecule has 0 bridgehead atoms. The fourth-order valence-electron chi connectivity index (χ4n) is 3.28. The van der Waals surface area contributed by atoms with Gasteiger partial charge in [0.05, 0.1) is 25.5 Å². The average Bonchev–Trinajstić information content (AvgIpc) is 3.13. The Labute approximate surface area is 156 Å². The molecule has 0 spiro atoms. The maximum atomic E-state index is 5.91. The SMILES string of the molecule is CN=C(NCc1ncccc1C)N1CCC(COCc2ccccc2)C1. The summed E-state index contributed by atoms with van der Waals surface area (Å²) in [6.45, 7) is 6.26. The van der Waals surface area contributed by atoms with Gasteiger partial charge in [-0.1, -0.05) is 36.4 Å². The van der Waals surface area contributed by atoms with Crippen LogP contribution in [0.4, 0.5) is 0 Å². The van der Waals surface area contributed by atoms with Crippen molar-refractivity contribution in [3.8, 4) is 0 Å². The number of nitrogens with one attached hydrogen (secondary N) is 1. The second kappa shape index (κ2) is 9.34. The van der Waals surface area contributed by atoms with Crippen LogP contribution in [-0.4, -0.2) is 42.6 Å². The van der Waals surface area contributed by atoms with E-state index in [1.165, 1.54) is 11.1 Å². The minimum absolute atomic E-state index is 0.550. The summed E-state index contributed by atoms with van der Waals surface area (Å²) in [5.41, 5.74) is 3.49. The second-order valence-corrected chi connectivity index (χ2v) is 6.77. The minimum Gasteiger partial charge on any atom is -0.376 e. The first-order valence-electron chi connectivity index (χ1n) is 9.24. The molecule has 26 heavy (non-hydrogen) atoms. The number of benzene rings is 1. The van der Waals surface area contributed by atoms with Gasteiger partial charge in [0.1, 0.15) is 0 Å². The molecule has 1 atom stereocenters. The number of aliphatic imine (C=N–C) groups is 1. The molecular weight excluding hydrogens is 324 g/mol. The van der Waals surface area contributed by atoms with Crippen molar-refractivity contribution in [2.45, 2.75) is 26.5 Å². The second-order valence-electron chi connectivity index (χ2n) is 6.77. The van der Waals surface area contributed by atoms with Crippen LogP contribution in [0, 0.1) is 12.8 Å². The van der Waals surface area contributed by atoms with Crippen molar-refractivity contribution in [3.63, 3.8) is 0 Å². The third kappa shape index (κ3) is 5.05. The number of hydrogen-bond donors (Lipinski definition) is 1. The average molecular weight is 352 g/mol. The molecule has 5 heteroatoms. The van der Waals surface area contributed by atoms with Crippen LogP contribution in [0.25, 0.3) is 0 Å². The Hall–Kier alpha value is -2.40. The van der Waals surface area contributed by atoms with E-state index in [1.807, 2.05) is 25.4 Å². The number of guanidine groups is 1. The highest BCUT2D eigenvalue weighted by Crippen LogP contribution is 2.17. The van der Waals surface area contributed by atoms with Crippen LogP contribution in [-0.2, 0) is 17.9 Å². The predicted octanol–water partition coefficient (Wildman–Crippen LogP) is 3.00. The molecule has 1 aromatic carbocycles. The zero-order valence-corrected chi connectivity index (χ0v) is 15.7. The Kier molecular flexibility index (Phi) is 6.61. The van der Waals surface area contributed by atoms with E-state index in [1.54, 1.807) is 0 Å². The molecule has 138 valence electrons. The zero-order chi connectivity index (χ0) is 18.2. The van der Waals surface area contributed by atoms with Gasteiger partial charge in [0.2, 0.25) is 0 Å². The fraction of sp³-hybridized carbons (Fsp3) is 0.429. The summed E-state index contributed by atoms with van der Waals surface area (Å²) in [6, 6.07) is 14.4. The normalized spacial score (nSPS) is 17.5. The molecule has 0 aliphatic carbocycles. The van der Waals surface area contributed by atoms with Crippen molar-refractivity contribution in [3.05, 3.63) is 65.5 Å². The van der Waals surface area contributed by atoms with Gasteiger partial charge in [-0.15, -0.1) is 0 Å². The first-order chi connectivity index (χ1) is 12.8. The van der Waals surface area contributed by atoms with E-state index in [-0.39, 0.29) is 0 Å². The van der Waals surface area contributed by atoms with Crippen molar-refractivity contribution in [1.82, 2.24) is 15.2 Å². The quantitative estimate of drug-likeness (QED) is 0.641. The molecular formula is C21H28N4O. The van der Waals surface area contributed by atoms with Gasteiger partial charge in [0.15, 0.2) is 5.96 Å². The molecule has 1 unspecified atom stereocenters. The molecule has 1 fully saturated rings. The van der Waals surface area contributed by atoms with Gasteiger partial charge in [0.25, 0.3) is 0 Å².